The van der Waals surface area contributed by atoms with E-state index in [1.807, 2.05) is 0 Å². The van der Waals surface area contributed by atoms with Gasteiger partial charge < -0.3 is 4.52 Å². The molecule has 0 aromatic heterocycles. The number of rotatable bonds is 1. The SMILES string of the molecule is CC(C)(C)c1ccc(OP)c(C(C)(C)C)c1.[Cl][Au]. The van der Waals surface area contributed by atoms with Crippen molar-refractivity contribution in [2.24, 2.45) is 0 Å². The van der Waals surface area contributed by atoms with Crippen LogP contribution in [0, 0.1) is 0 Å². The average Bonchev–Trinajstić information content (AvgIpc) is 2.28. The third-order valence-electron chi connectivity index (χ3n) is 2.78. The van der Waals surface area contributed by atoms with Gasteiger partial charge in [-0.15, -0.1) is 0 Å². The molecule has 0 saturated heterocycles. The van der Waals surface area contributed by atoms with E-state index >= 15 is 0 Å². The van der Waals surface area contributed by atoms with Gasteiger partial charge in [-0.1, -0.05) is 53.7 Å². The zero-order valence-corrected chi connectivity index (χ0v) is 16.0. The van der Waals surface area contributed by atoms with Gasteiger partial charge in [0.2, 0.25) is 0 Å². The van der Waals surface area contributed by atoms with E-state index in [1.54, 1.807) is 20.0 Å². The van der Waals surface area contributed by atoms with Crippen molar-refractivity contribution in [1.29, 1.82) is 0 Å². The second-order valence-electron chi connectivity index (χ2n) is 6.33. The molecular weight excluding hydrogens is 448 g/mol. The third-order valence-corrected chi connectivity index (χ3v) is 3.03. The van der Waals surface area contributed by atoms with Crippen LogP contribution in [0.1, 0.15) is 52.7 Å². The van der Waals surface area contributed by atoms with Crippen molar-refractivity contribution >= 4 is 18.7 Å². The summed E-state index contributed by atoms with van der Waals surface area (Å²) in [5.41, 5.74) is 2.89. The van der Waals surface area contributed by atoms with Crippen LogP contribution < -0.4 is 4.52 Å². The number of hydrogen-bond donors (Lipinski definition) is 0. The van der Waals surface area contributed by atoms with Gasteiger partial charge in [0.25, 0.3) is 0 Å². The molecule has 108 valence electrons. The fraction of sp³-hybridized carbons (Fsp3) is 0.571. The zero-order chi connectivity index (χ0) is 14.6. The standard InChI is InChI=1S/C14H23OP.Au.ClH/c1-13(2,3)10-7-8-12(15-16)11(9-10)14(4,5)6;;/h7-9H,16H2,1-6H3;;1H/q;+1;/p-1. The Morgan fingerprint density at radius 2 is 1.50 bits per heavy atom. The van der Waals surface area contributed by atoms with Crippen molar-refractivity contribution in [1.82, 2.24) is 0 Å². The summed E-state index contributed by atoms with van der Waals surface area (Å²) in [6.45, 7) is 13.3. The predicted octanol–water partition coefficient (Wildman–Crippen LogP) is 5.14. The molecule has 0 fully saturated rings. The van der Waals surface area contributed by atoms with Gasteiger partial charge in [-0.3, -0.25) is 0 Å². The summed E-state index contributed by atoms with van der Waals surface area (Å²) in [7, 11) is 6.92. The number of benzene rings is 1. The molecule has 0 aliphatic heterocycles. The van der Waals surface area contributed by atoms with E-state index < -0.39 is 0 Å². The van der Waals surface area contributed by atoms with Gasteiger partial charge in [0.05, 0.1) is 9.47 Å². The monoisotopic (exact) mass is 470 g/mol. The first-order valence-electron chi connectivity index (χ1n) is 5.79. The minimum absolute atomic E-state index is 0.104. The Labute approximate surface area is 130 Å². The van der Waals surface area contributed by atoms with Gasteiger partial charge >= 0.3 is 29.2 Å². The van der Waals surface area contributed by atoms with Crippen LogP contribution >= 0.6 is 18.7 Å². The Kier molecular flexibility index (Phi) is 7.51. The van der Waals surface area contributed by atoms with Crippen molar-refractivity contribution in [3.8, 4) is 5.75 Å². The van der Waals surface area contributed by atoms with Gasteiger partial charge in [0.1, 0.15) is 5.75 Å². The van der Waals surface area contributed by atoms with Gasteiger partial charge in [0, 0.05) is 5.56 Å². The van der Waals surface area contributed by atoms with Gasteiger partial charge in [-0.05, 0) is 22.5 Å². The van der Waals surface area contributed by atoms with E-state index in [0.717, 1.165) is 5.75 Å². The molecule has 1 nitrogen and oxygen atoms in total. The zero-order valence-electron chi connectivity index (χ0n) is 11.9. The first kappa shape index (κ1) is 18.5. The second-order valence-corrected chi connectivity index (χ2v) is 6.56. The van der Waals surface area contributed by atoms with Crippen molar-refractivity contribution in [3.63, 3.8) is 0 Å². The van der Waals surface area contributed by atoms with Gasteiger partial charge in [-0.2, -0.15) is 0 Å². The van der Waals surface area contributed by atoms with Crippen LogP contribution in [-0.4, -0.2) is 0 Å². The molecule has 0 bridgehead atoms. The molecule has 0 saturated carbocycles. The summed E-state index contributed by atoms with van der Waals surface area (Å²) in [5, 5.41) is 0. The molecule has 1 unspecified atom stereocenters. The average molecular weight is 471 g/mol. The molecule has 1 aromatic carbocycles. The van der Waals surface area contributed by atoms with Crippen LogP contribution in [0.4, 0.5) is 0 Å². The first-order valence-corrected chi connectivity index (χ1v) is 8.95. The van der Waals surface area contributed by atoms with E-state index in [0.29, 0.717) is 0 Å². The number of hydrogen-bond acceptors (Lipinski definition) is 1. The fourth-order valence-corrected chi connectivity index (χ4v) is 1.89. The van der Waals surface area contributed by atoms with E-state index in [4.69, 9.17) is 4.52 Å². The quantitative estimate of drug-likeness (QED) is 0.408. The molecule has 0 aliphatic rings. The van der Waals surface area contributed by atoms with Gasteiger partial charge in [0.15, 0.2) is 0 Å². The molecule has 0 aliphatic carbocycles. The summed E-state index contributed by atoms with van der Waals surface area (Å²) in [6.07, 6.45) is 0. The maximum atomic E-state index is 5.36. The maximum absolute atomic E-state index is 5.36. The van der Waals surface area contributed by atoms with Gasteiger partial charge in [-0.25, -0.2) is 0 Å². The van der Waals surface area contributed by atoms with Crippen molar-refractivity contribution in [3.05, 3.63) is 29.3 Å². The second kappa shape index (κ2) is 7.31. The summed E-state index contributed by atoms with van der Waals surface area (Å²) in [6, 6.07) is 6.47. The molecule has 0 radical (unpaired) electrons. The van der Waals surface area contributed by atoms with Crippen LogP contribution in [0.25, 0.3) is 0 Å². The van der Waals surface area contributed by atoms with Crippen molar-refractivity contribution in [2.45, 2.75) is 52.4 Å². The van der Waals surface area contributed by atoms with Crippen molar-refractivity contribution < 1.29 is 24.5 Å². The molecule has 1 aromatic rings. The molecule has 0 spiro atoms. The van der Waals surface area contributed by atoms with E-state index in [1.165, 1.54) is 11.1 Å². The molecule has 0 N–H and O–H groups in total. The van der Waals surface area contributed by atoms with E-state index in [-0.39, 0.29) is 10.8 Å². The molecule has 0 heterocycles. The van der Waals surface area contributed by atoms with Crippen LogP contribution in [0.2, 0.25) is 0 Å². The molecular formula is C14H23AuClOP. The Hall–Kier alpha value is 0.480. The van der Waals surface area contributed by atoms with Crippen LogP contribution in [0.5, 0.6) is 5.75 Å². The predicted molar refractivity (Wildman–Crippen MR) is 80.0 cm³/mol. The molecule has 1 rings (SSSR count). The third kappa shape index (κ3) is 5.23. The summed E-state index contributed by atoms with van der Waals surface area (Å²) in [5.74, 6) is 0.950. The molecule has 0 amide bonds. The van der Waals surface area contributed by atoms with Crippen LogP contribution in [-0.2, 0) is 30.8 Å². The van der Waals surface area contributed by atoms with E-state index in [2.05, 4.69) is 78.4 Å². The topological polar surface area (TPSA) is 9.23 Å². The Morgan fingerprint density at radius 1 is 1.00 bits per heavy atom. The van der Waals surface area contributed by atoms with Crippen LogP contribution in [0.3, 0.4) is 0 Å². The fourth-order valence-electron chi connectivity index (χ4n) is 1.69. The normalized spacial score (nSPS) is 11.7. The Balaban J connectivity index is 0.00000137. The molecule has 1 atom stereocenters. The van der Waals surface area contributed by atoms with Crippen molar-refractivity contribution in [2.75, 3.05) is 0 Å². The molecule has 4 heteroatoms. The summed E-state index contributed by atoms with van der Waals surface area (Å²) in [4.78, 5) is 0. The Bertz CT molecular complexity index is 380. The minimum atomic E-state index is 0.104. The molecule has 18 heavy (non-hydrogen) atoms. The van der Waals surface area contributed by atoms with E-state index in [9.17, 15) is 0 Å². The first-order chi connectivity index (χ1) is 8.16. The summed E-state index contributed by atoms with van der Waals surface area (Å²) >= 11 is 1.75. The summed E-state index contributed by atoms with van der Waals surface area (Å²) < 4.78 is 5.36. The van der Waals surface area contributed by atoms with Crippen LogP contribution in [0.15, 0.2) is 18.2 Å². The number of halogens is 1. The Morgan fingerprint density at radius 3 is 1.83 bits per heavy atom.